The molecule has 1 atom stereocenters. The van der Waals surface area contributed by atoms with Crippen LogP contribution in [-0.2, 0) is 4.74 Å². The Kier molecular flexibility index (Phi) is 10.4. The van der Waals surface area contributed by atoms with Crippen LogP contribution in [0.1, 0.15) is 0 Å². The second-order valence-electron chi connectivity index (χ2n) is 2.38. The molecule has 0 spiro atoms. The Morgan fingerprint density at radius 3 is 2.07 bits per heavy atom. The summed E-state index contributed by atoms with van der Waals surface area (Å²) in [7, 11) is 0.797. The summed E-state index contributed by atoms with van der Waals surface area (Å²) in [6.45, 7) is -0.0896. The van der Waals surface area contributed by atoms with Gasteiger partial charge in [0.25, 0.3) is 6.36 Å². The molecule has 15 heavy (non-hydrogen) atoms. The van der Waals surface area contributed by atoms with Crippen LogP contribution in [-0.4, -0.2) is 52.8 Å². The van der Waals surface area contributed by atoms with Crippen molar-refractivity contribution in [3.05, 3.63) is 7.05 Å². The van der Waals surface area contributed by atoms with Gasteiger partial charge in [0.2, 0.25) is 0 Å². The summed E-state index contributed by atoms with van der Waals surface area (Å²) in [5, 5.41) is 21.5. The summed E-state index contributed by atoms with van der Waals surface area (Å²) in [6, 6.07) is -3.57. The molecule has 1 rings (SSSR count). The maximum Gasteiger partial charge on any atom is 1.00 e. The first-order chi connectivity index (χ1) is 6.28. The first-order valence-electron chi connectivity index (χ1n) is 3.54. The van der Waals surface area contributed by atoms with E-state index in [0.29, 0.717) is 4.90 Å². The standard InChI is InChI=1S/C5H7F3NO.BH3O3.K/c1-9-2-3-10-4(6)5(9,7)8;2-1(3)4;/h4H,1-3H2;2-4H;/q-1;;+1. The van der Waals surface area contributed by atoms with Crippen LogP contribution in [0.3, 0.4) is 0 Å². The molecule has 1 aliphatic heterocycles. The summed E-state index contributed by atoms with van der Waals surface area (Å²) in [5.41, 5.74) is 0. The molecule has 5 nitrogen and oxygen atoms in total. The Bertz CT molecular complexity index is 164. The fraction of sp³-hybridized carbons (Fsp3) is 0.800. The zero-order chi connectivity index (χ0) is 11.4. The van der Waals surface area contributed by atoms with E-state index in [0.717, 1.165) is 0 Å². The second-order valence-corrected chi connectivity index (χ2v) is 2.38. The maximum atomic E-state index is 12.4. The third kappa shape index (κ3) is 7.26. The molecular weight excluding hydrogens is 245 g/mol. The number of nitrogens with zero attached hydrogens (tertiary/aromatic N) is 1. The molecular formula is C5H10BF3KNO4. The summed E-state index contributed by atoms with van der Waals surface area (Å²) < 4.78 is 40.9. The van der Waals surface area contributed by atoms with Crippen LogP contribution < -0.4 is 51.4 Å². The van der Waals surface area contributed by atoms with Crippen molar-refractivity contribution in [2.45, 2.75) is 12.4 Å². The van der Waals surface area contributed by atoms with Crippen molar-refractivity contribution >= 4 is 7.32 Å². The molecule has 0 aliphatic carbocycles. The topological polar surface area (TPSA) is 73.2 Å². The largest absolute Gasteiger partial charge is 1.00 e. The molecule has 1 fully saturated rings. The van der Waals surface area contributed by atoms with Crippen molar-refractivity contribution in [3.63, 3.8) is 0 Å². The first kappa shape index (κ1) is 18.7. The minimum absolute atomic E-state index is 0. The molecule has 1 heterocycles. The molecule has 0 bridgehead atoms. The van der Waals surface area contributed by atoms with Crippen LogP contribution in [0.5, 0.6) is 0 Å². The van der Waals surface area contributed by atoms with Gasteiger partial charge in [0.05, 0.1) is 6.61 Å². The number of halogens is 3. The monoisotopic (exact) mass is 255 g/mol. The molecule has 3 N–H and O–H groups in total. The zero-order valence-electron chi connectivity index (χ0n) is 8.11. The Balaban J connectivity index is 0. The van der Waals surface area contributed by atoms with Crippen LogP contribution in [0.15, 0.2) is 0 Å². The van der Waals surface area contributed by atoms with E-state index < -0.39 is 19.7 Å². The van der Waals surface area contributed by atoms with E-state index in [1.807, 2.05) is 0 Å². The molecule has 0 aromatic rings. The first-order valence-corrected chi connectivity index (χ1v) is 3.54. The Morgan fingerprint density at radius 1 is 1.40 bits per heavy atom. The van der Waals surface area contributed by atoms with Crippen LogP contribution in [0.2, 0.25) is 0 Å². The molecule has 1 unspecified atom stereocenters. The smallest absolute Gasteiger partial charge is 0.402 e. The molecule has 1 saturated heterocycles. The van der Waals surface area contributed by atoms with E-state index in [4.69, 9.17) is 15.1 Å². The fourth-order valence-electron chi connectivity index (χ4n) is 0.659. The third-order valence-corrected chi connectivity index (χ3v) is 1.32. The van der Waals surface area contributed by atoms with E-state index in [1.165, 1.54) is 0 Å². The molecule has 0 radical (unpaired) electrons. The number of hydrogen-bond acceptors (Lipinski definition) is 5. The molecule has 84 valence electrons. The Labute approximate surface area is 128 Å². The van der Waals surface area contributed by atoms with Crippen molar-refractivity contribution in [2.24, 2.45) is 0 Å². The minimum atomic E-state index is -3.57. The second kappa shape index (κ2) is 8.39. The van der Waals surface area contributed by atoms with Gasteiger partial charge >= 0.3 is 64.8 Å². The van der Waals surface area contributed by atoms with Crippen molar-refractivity contribution in [3.8, 4) is 0 Å². The Morgan fingerprint density at radius 2 is 1.80 bits per heavy atom. The minimum Gasteiger partial charge on any atom is -0.402 e. The van der Waals surface area contributed by atoms with Gasteiger partial charge in [0.1, 0.15) is 0 Å². The van der Waals surface area contributed by atoms with Gasteiger partial charge in [-0.1, -0.05) is 0 Å². The summed E-state index contributed by atoms with van der Waals surface area (Å²) in [5.74, 6) is 0. The Hall–Kier alpha value is 1.29. The van der Waals surface area contributed by atoms with Crippen molar-refractivity contribution in [1.82, 2.24) is 4.90 Å². The zero-order valence-corrected chi connectivity index (χ0v) is 11.2. The molecule has 0 aromatic carbocycles. The van der Waals surface area contributed by atoms with E-state index in [-0.39, 0.29) is 64.5 Å². The number of alkyl halides is 3. The molecule has 0 aromatic heterocycles. The van der Waals surface area contributed by atoms with Crippen molar-refractivity contribution in [2.75, 3.05) is 13.2 Å². The number of rotatable bonds is 0. The molecule has 0 saturated carbocycles. The summed E-state index contributed by atoms with van der Waals surface area (Å²) in [4.78, 5) is 0.390. The SMILES string of the molecule is OB(O)O.[CH2-]N1CCOC(F)C1(F)F.[K+]. The average Bonchev–Trinajstić information content (AvgIpc) is 2.00. The van der Waals surface area contributed by atoms with Crippen molar-refractivity contribution < 1.29 is 84.4 Å². The van der Waals surface area contributed by atoms with E-state index in [2.05, 4.69) is 11.8 Å². The van der Waals surface area contributed by atoms with Gasteiger partial charge in [-0.2, -0.15) is 8.78 Å². The van der Waals surface area contributed by atoms with Gasteiger partial charge in [-0.25, -0.2) is 4.39 Å². The van der Waals surface area contributed by atoms with E-state index >= 15 is 0 Å². The van der Waals surface area contributed by atoms with Crippen LogP contribution >= 0.6 is 0 Å². The average molecular weight is 255 g/mol. The molecule has 10 heteroatoms. The van der Waals surface area contributed by atoms with Crippen LogP contribution in [0.25, 0.3) is 0 Å². The molecule has 1 aliphatic rings. The molecule has 0 amide bonds. The van der Waals surface area contributed by atoms with Gasteiger partial charge in [-0.3, -0.25) is 7.05 Å². The number of morpholine rings is 1. The van der Waals surface area contributed by atoms with Crippen LogP contribution in [0, 0.1) is 7.05 Å². The number of ether oxygens (including phenoxy) is 1. The predicted octanol–water partition coefficient (Wildman–Crippen LogP) is -4.05. The van der Waals surface area contributed by atoms with Gasteiger partial charge in [-0.15, -0.1) is 0 Å². The van der Waals surface area contributed by atoms with E-state index in [1.54, 1.807) is 0 Å². The third-order valence-electron chi connectivity index (χ3n) is 1.32. The number of hydrogen-bond donors (Lipinski definition) is 3. The van der Waals surface area contributed by atoms with Crippen LogP contribution in [0.4, 0.5) is 13.2 Å². The van der Waals surface area contributed by atoms with Gasteiger partial charge < -0.3 is 24.7 Å². The van der Waals surface area contributed by atoms with Gasteiger partial charge in [0.15, 0.2) is 0 Å². The van der Waals surface area contributed by atoms with Gasteiger partial charge in [0, 0.05) is 0 Å². The quantitative estimate of drug-likeness (QED) is 0.233. The predicted molar refractivity (Wildman–Crippen MR) is 40.3 cm³/mol. The van der Waals surface area contributed by atoms with Crippen molar-refractivity contribution in [1.29, 1.82) is 0 Å². The summed E-state index contributed by atoms with van der Waals surface area (Å²) in [6.07, 6.45) is -2.54. The normalized spacial score (nSPS) is 24.6. The fourth-order valence-corrected chi connectivity index (χ4v) is 0.659. The summed E-state index contributed by atoms with van der Waals surface area (Å²) >= 11 is 0. The van der Waals surface area contributed by atoms with E-state index in [9.17, 15) is 13.2 Å². The maximum absolute atomic E-state index is 12.4. The van der Waals surface area contributed by atoms with Gasteiger partial charge in [-0.05, 0) is 6.54 Å².